The Morgan fingerprint density at radius 2 is 2.00 bits per heavy atom. The van der Waals surface area contributed by atoms with Crippen LogP contribution in [0.15, 0.2) is 24.3 Å². The Labute approximate surface area is 138 Å². The van der Waals surface area contributed by atoms with Crippen LogP contribution in [-0.2, 0) is 4.74 Å². The molecule has 8 nitrogen and oxygen atoms in total. The van der Waals surface area contributed by atoms with E-state index < -0.39 is 10.7 Å². The molecular weight excluding hydrogens is 317 g/mol. The SMILES string of the molecule is COC[C@H](C)Nc1nc(C)c([N+](=O)[O-])c(Nc2ccc(F)cc2)n1. The zero-order valence-electron chi connectivity index (χ0n) is 13.5. The van der Waals surface area contributed by atoms with Crippen molar-refractivity contribution in [1.29, 1.82) is 0 Å². The molecule has 0 aliphatic carbocycles. The highest BCUT2D eigenvalue weighted by Gasteiger charge is 2.22. The van der Waals surface area contributed by atoms with Gasteiger partial charge in [0.2, 0.25) is 11.8 Å². The standard InChI is InChI=1S/C15H18FN5O3/c1-9(8-24-3)17-15-18-10(2)13(21(22)23)14(20-15)19-12-6-4-11(16)5-7-12/h4-7,9H,8H2,1-3H3,(H2,17,18,19,20)/t9-/m0/s1. The molecule has 0 unspecified atom stereocenters. The van der Waals surface area contributed by atoms with Crippen LogP contribution >= 0.6 is 0 Å². The van der Waals surface area contributed by atoms with E-state index in [1.165, 1.54) is 31.2 Å². The van der Waals surface area contributed by atoms with Gasteiger partial charge in [-0.05, 0) is 38.1 Å². The Morgan fingerprint density at radius 3 is 2.58 bits per heavy atom. The second-order valence-corrected chi connectivity index (χ2v) is 5.22. The van der Waals surface area contributed by atoms with E-state index in [1.54, 1.807) is 7.11 Å². The largest absolute Gasteiger partial charge is 0.383 e. The first-order chi connectivity index (χ1) is 11.4. The molecule has 2 rings (SSSR count). The molecule has 1 aromatic heterocycles. The van der Waals surface area contributed by atoms with Gasteiger partial charge < -0.3 is 15.4 Å². The van der Waals surface area contributed by atoms with Crippen molar-refractivity contribution < 1.29 is 14.1 Å². The van der Waals surface area contributed by atoms with Crippen LogP contribution in [0.2, 0.25) is 0 Å². The molecule has 1 atom stereocenters. The van der Waals surface area contributed by atoms with Gasteiger partial charge in [-0.1, -0.05) is 0 Å². The fraction of sp³-hybridized carbons (Fsp3) is 0.333. The first kappa shape index (κ1) is 17.5. The number of nitrogens with one attached hydrogen (secondary N) is 2. The third-order valence-corrected chi connectivity index (χ3v) is 3.14. The first-order valence-electron chi connectivity index (χ1n) is 7.21. The van der Waals surface area contributed by atoms with Crippen molar-refractivity contribution >= 4 is 23.1 Å². The molecule has 0 aliphatic rings. The van der Waals surface area contributed by atoms with Crippen molar-refractivity contribution in [2.24, 2.45) is 0 Å². The zero-order valence-corrected chi connectivity index (χ0v) is 13.5. The van der Waals surface area contributed by atoms with Crippen LogP contribution in [0.3, 0.4) is 0 Å². The summed E-state index contributed by atoms with van der Waals surface area (Å²) in [6, 6.07) is 5.37. The third kappa shape index (κ3) is 4.35. The predicted molar refractivity (Wildman–Crippen MR) is 88.1 cm³/mol. The van der Waals surface area contributed by atoms with Gasteiger partial charge in [-0.15, -0.1) is 0 Å². The molecule has 0 fully saturated rings. The molecule has 2 N–H and O–H groups in total. The van der Waals surface area contributed by atoms with Gasteiger partial charge in [0, 0.05) is 18.8 Å². The summed E-state index contributed by atoms with van der Waals surface area (Å²) in [6.07, 6.45) is 0. The Hall–Kier alpha value is -2.81. The lowest BCUT2D eigenvalue weighted by atomic mass is 10.3. The smallest absolute Gasteiger partial charge is 0.332 e. The quantitative estimate of drug-likeness (QED) is 0.592. The van der Waals surface area contributed by atoms with Gasteiger partial charge in [0.1, 0.15) is 11.5 Å². The maximum Gasteiger partial charge on any atom is 0.332 e. The van der Waals surface area contributed by atoms with Crippen LogP contribution in [0.5, 0.6) is 0 Å². The van der Waals surface area contributed by atoms with E-state index >= 15 is 0 Å². The number of aryl methyl sites for hydroxylation is 1. The predicted octanol–water partition coefficient (Wildman–Crippen LogP) is 3.02. The van der Waals surface area contributed by atoms with Crippen LogP contribution in [0, 0.1) is 22.9 Å². The van der Waals surface area contributed by atoms with Crippen LogP contribution < -0.4 is 10.6 Å². The number of anilines is 3. The van der Waals surface area contributed by atoms with E-state index in [0.717, 1.165) is 0 Å². The molecule has 0 saturated heterocycles. The van der Waals surface area contributed by atoms with E-state index in [9.17, 15) is 14.5 Å². The minimum atomic E-state index is -0.552. The third-order valence-electron chi connectivity index (χ3n) is 3.14. The summed E-state index contributed by atoms with van der Waals surface area (Å²) in [5.41, 5.74) is 0.462. The number of rotatable bonds is 7. The van der Waals surface area contributed by atoms with Crippen molar-refractivity contribution in [3.63, 3.8) is 0 Å². The molecule has 1 heterocycles. The lowest BCUT2D eigenvalue weighted by Gasteiger charge is -2.14. The Morgan fingerprint density at radius 1 is 1.33 bits per heavy atom. The molecule has 0 aliphatic heterocycles. The van der Waals surface area contributed by atoms with Crippen molar-refractivity contribution in [1.82, 2.24) is 9.97 Å². The summed E-state index contributed by atoms with van der Waals surface area (Å²) in [4.78, 5) is 19.0. The number of aromatic nitrogens is 2. The van der Waals surface area contributed by atoms with Gasteiger partial charge in [0.05, 0.1) is 11.5 Å². The lowest BCUT2D eigenvalue weighted by molar-refractivity contribution is -0.385. The summed E-state index contributed by atoms with van der Waals surface area (Å²) in [5.74, 6) is -0.122. The second-order valence-electron chi connectivity index (χ2n) is 5.22. The minimum absolute atomic E-state index is 0.0335. The molecule has 128 valence electrons. The Balaban J connectivity index is 2.36. The van der Waals surface area contributed by atoms with Gasteiger partial charge >= 0.3 is 5.69 Å². The number of benzene rings is 1. The summed E-state index contributed by atoms with van der Waals surface area (Å²) in [6.45, 7) is 3.83. The van der Waals surface area contributed by atoms with Crippen LogP contribution in [0.25, 0.3) is 0 Å². The maximum atomic E-state index is 13.0. The molecule has 0 bridgehead atoms. The zero-order chi connectivity index (χ0) is 17.7. The molecule has 0 amide bonds. The van der Waals surface area contributed by atoms with E-state index in [0.29, 0.717) is 12.3 Å². The average Bonchev–Trinajstić information content (AvgIpc) is 2.49. The maximum absolute atomic E-state index is 13.0. The molecule has 1 aromatic carbocycles. The van der Waals surface area contributed by atoms with E-state index in [1.807, 2.05) is 6.92 Å². The first-order valence-corrected chi connectivity index (χ1v) is 7.21. The van der Waals surface area contributed by atoms with Gasteiger partial charge in [-0.25, -0.2) is 9.37 Å². The molecular formula is C15H18FN5O3. The van der Waals surface area contributed by atoms with Crippen LogP contribution in [0.4, 0.5) is 27.5 Å². The number of methoxy groups -OCH3 is 1. The lowest BCUT2D eigenvalue weighted by Crippen LogP contribution is -2.22. The van der Waals surface area contributed by atoms with Crippen molar-refractivity contribution in [3.8, 4) is 0 Å². The topological polar surface area (TPSA) is 102 Å². The van der Waals surface area contributed by atoms with Crippen LogP contribution in [-0.4, -0.2) is 34.6 Å². The highest BCUT2D eigenvalue weighted by atomic mass is 19.1. The summed E-state index contributed by atoms with van der Waals surface area (Å²) < 4.78 is 18.0. The van der Waals surface area contributed by atoms with E-state index in [4.69, 9.17) is 4.74 Å². The van der Waals surface area contributed by atoms with Crippen molar-refractivity contribution in [2.75, 3.05) is 24.4 Å². The second kappa shape index (κ2) is 7.64. The Kier molecular flexibility index (Phi) is 5.59. The minimum Gasteiger partial charge on any atom is -0.383 e. The summed E-state index contributed by atoms with van der Waals surface area (Å²) in [5, 5.41) is 17.2. The highest BCUT2D eigenvalue weighted by Crippen LogP contribution is 2.29. The summed E-state index contributed by atoms with van der Waals surface area (Å²) in [7, 11) is 1.57. The van der Waals surface area contributed by atoms with Gasteiger partial charge in [0.15, 0.2) is 0 Å². The number of nitrogens with zero attached hydrogens (tertiary/aromatic N) is 3. The number of hydrogen-bond donors (Lipinski definition) is 2. The van der Waals surface area contributed by atoms with Crippen molar-refractivity contribution in [3.05, 3.63) is 45.9 Å². The fourth-order valence-corrected chi connectivity index (χ4v) is 2.12. The average molecular weight is 335 g/mol. The fourth-order valence-electron chi connectivity index (χ4n) is 2.12. The molecule has 2 aromatic rings. The molecule has 0 saturated carbocycles. The number of halogens is 1. The van der Waals surface area contributed by atoms with Crippen molar-refractivity contribution in [2.45, 2.75) is 19.9 Å². The van der Waals surface area contributed by atoms with Gasteiger partial charge in [-0.2, -0.15) is 4.98 Å². The normalized spacial score (nSPS) is 11.8. The van der Waals surface area contributed by atoms with E-state index in [-0.39, 0.29) is 29.2 Å². The highest BCUT2D eigenvalue weighted by molar-refractivity contribution is 5.68. The van der Waals surface area contributed by atoms with Gasteiger partial charge in [-0.3, -0.25) is 10.1 Å². The molecule has 24 heavy (non-hydrogen) atoms. The number of hydrogen-bond acceptors (Lipinski definition) is 7. The van der Waals surface area contributed by atoms with Crippen LogP contribution in [0.1, 0.15) is 12.6 Å². The number of nitro groups is 1. The van der Waals surface area contributed by atoms with E-state index in [2.05, 4.69) is 20.6 Å². The van der Waals surface area contributed by atoms with Gasteiger partial charge in [0.25, 0.3) is 0 Å². The Bertz CT molecular complexity index is 724. The monoisotopic (exact) mass is 335 g/mol. The molecule has 0 spiro atoms. The summed E-state index contributed by atoms with van der Waals surface area (Å²) >= 11 is 0. The molecule has 0 radical (unpaired) electrons. The molecule has 9 heteroatoms. The number of ether oxygens (including phenoxy) is 1.